The lowest BCUT2D eigenvalue weighted by Gasteiger charge is -2.35. The van der Waals surface area contributed by atoms with Crippen molar-refractivity contribution < 1.29 is 27.5 Å². The van der Waals surface area contributed by atoms with Gasteiger partial charge in [0.25, 0.3) is 5.91 Å². The van der Waals surface area contributed by atoms with Crippen LogP contribution in [0.3, 0.4) is 0 Å². The predicted molar refractivity (Wildman–Crippen MR) is 118 cm³/mol. The van der Waals surface area contributed by atoms with Gasteiger partial charge in [0.2, 0.25) is 0 Å². The number of nitrogens with one attached hydrogen (secondary N) is 2. The number of hydrogen-bond donors (Lipinski definition) is 2. The number of Topliss-reactive ketones (excluding diaryl/α,β-unsaturated/α-hetero) is 1. The van der Waals surface area contributed by atoms with Crippen LogP contribution < -0.4 is 15.4 Å². The molecule has 2 aliphatic rings. The number of dihydropyridines is 1. The Hall–Kier alpha value is -3.55. The number of ketones is 1. The normalized spacial score (nSPS) is 18.6. The maximum Gasteiger partial charge on any atom is 0.416 e. The average Bonchev–Trinajstić information content (AvgIpc) is 2.77. The molecule has 0 spiro atoms. The smallest absolute Gasteiger partial charge is 0.416 e. The number of hydrogen-bond acceptors (Lipinski definition) is 4. The van der Waals surface area contributed by atoms with Crippen molar-refractivity contribution in [3.63, 3.8) is 0 Å². The third-order valence-electron chi connectivity index (χ3n) is 5.92. The van der Waals surface area contributed by atoms with Crippen molar-refractivity contribution >= 4 is 17.4 Å². The SMILES string of the molecule is COc1ccccc1[C@@H]1C(C(=O)Nc2cccc(C(F)(F)F)c2)=C(C)NC2=C1C(=O)CCC2. The molecule has 8 heteroatoms. The molecule has 1 atom stereocenters. The highest BCUT2D eigenvalue weighted by molar-refractivity contribution is 6.10. The van der Waals surface area contributed by atoms with Gasteiger partial charge in [0.05, 0.1) is 18.6 Å². The van der Waals surface area contributed by atoms with E-state index in [1.807, 2.05) is 0 Å². The van der Waals surface area contributed by atoms with Gasteiger partial charge < -0.3 is 15.4 Å². The number of amides is 1. The lowest BCUT2D eigenvalue weighted by Crippen LogP contribution is -2.35. The lowest BCUT2D eigenvalue weighted by atomic mass is 9.74. The first-order valence-corrected chi connectivity index (χ1v) is 10.6. The van der Waals surface area contributed by atoms with Crippen molar-refractivity contribution in [2.45, 2.75) is 38.3 Å². The summed E-state index contributed by atoms with van der Waals surface area (Å²) in [5, 5.41) is 5.79. The summed E-state index contributed by atoms with van der Waals surface area (Å²) < 4.78 is 44.9. The standard InChI is InChI=1S/C25H23F3N2O3/c1-14-21(24(32)30-16-8-5-7-15(13-16)25(26,27)28)22(17-9-3-4-12-20(17)33-2)23-18(29-14)10-6-11-19(23)31/h3-5,7-9,12-13,22,29H,6,10-11H2,1-2H3,(H,30,32)/t22-/m1/s1. The summed E-state index contributed by atoms with van der Waals surface area (Å²) in [6.45, 7) is 1.73. The molecule has 1 aliphatic heterocycles. The van der Waals surface area contributed by atoms with E-state index < -0.39 is 23.6 Å². The Bertz CT molecular complexity index is 1180. The first-order valence-electron chi connectivity index (χ1n) is 10.6. The number of para-hydroxylation sites is 1. The fourth-order valence-electron chi connectivity index (χ4n) is 4.47. The highest BCUT2D eigenvalue weighted by Crippen LogP contribution is 2.45. The van der Waals surface area contributed by atoms with Crippen LogP contribution in [-0.2, 0) is 15.8 Å². The van der Waals surface area contributed by atoms with Crippen molar-refractivity contribution in [2.75, 3.05) is 12.4 Å². The molecule has 1 amide bonds. The first kappa shape index (κ1) is 22.6. The highest BCUT2D eigenvalue weighted by atomic mass is 19.4. The molecule has 2 aromatic rings. The molecular formula is C25H23F3N2O3. The molecular weight excluding hydrogens is 433 g/mol. The van der Waals surface area contributed by atoms with Crippen LogP contribution >= 0.6 is 0 Å². The van der Waals surface area contributed by atoms with Gasteiger partial charge in [0.15, 0.2) is 5.78 Å². The number of anilines is 1. The lowest BCUT2D eigenvalue weighted by molar-refractivity contribution is -0.137. The molecule has 0 fully saturated rings. The van der Waals surface area contributed by atoms with Gasteiger partial charge in [-0.25, -0.2) is 0 Å². The van der Waals surface area contributed by atoms with E-state index >= 15 is 0 Å². The van der Waals surface area contributed by atoms with E-state index in [-0.39, 0.29) is 17.0 Å². The monoisotopic (exact) mass is 456 g/mol. The van der Waals surface area contributed by atoms with E-state index in [9.17, 15) is 22.8 Å². The fourth-order valence-corrected chi connectivity index (χ4v) is 4.47. The molecule has 2 aromatic carbocycles. The zero-order valence-corrected chi connectivity index (χ0v) is 18.2. The Morgan fingerprint density at radius 2 is 1.88 bits per heavy atom. The first-order chi connectivity index (χ1) is 15.7. The minimum atomic E-state index is -4.53. The van der Waals surface area contributed by atoms with Crippen molar-refractivity contribution in [3.8, 4) is 5.75 Å². The van der Waals surface area contributed by atoms with E-state index in [2.05, 4.69) is 10.6 Å². The van der Waals surface area contributed by atoms with Gasteiger partial charge in [-0.2, -0.15) is 13.2 Å². The zero-order valence-electron chi connectivity index (χ0n) is 18.2. The van der Waals surface area contributed by atoms with Crippen molar-refractivity contribution in [2.24, 2.45) is 0 Å². The van der Waals surface area contributed by atoms with Crippen LogP contribution in [0.2, 0.25) is 0 Å². The quantitative estimate of drug-likeness (QED) is 0.654. The number of benzene rings is 2. The Morgan fingerprint density at radius 3 is 2.61 bits per heavy atom. The van der Waals surface area contributed by atoms with Crippen LogP contribution in [0.15, 0.2) is 71.1 Å². The van der Waals surface area contributed by atoms with Crippen molar-refractivity contribution in [3.05, 3.63) is 82.2 Å². The molecule has 33 heavy (non-hydrogen) atoms. The van der Waals surface area contributed by atoms with Gasteiger partial charge >= 0.3 is 6.18 Å². The second-order valence-corrected chi connectivity index (χ2v) is 8.04. The van der Waals surface area contributed by atoms with Gasteiger partial charge in [-0.3, -0.25) is 9.59 Å². The Kier molecular flexibility index (Phi) is 6.01. The minimum absolute atomic E-state index is 0.0173. The van der Waals surface area contributed by atoms with Crippen molar-refractivity contribution in [1.82, 2.24) is 5.32 Å². The summed E-state index contributed by atoms with van der Waals surface area (Å²) in [7, 11) is 1.51. The van der Waals surface area contributed by atoms with E-state index in [4.69, 9.17) is 4.74 Å². The van der Waals surface area contributed by atoms with E-state index in [1.165, 1.54) is 19.2 Å². The molecule has 0 unspecified atom stereocenters. The van der Waals surface area contributed by atoms with E-state index in [0.29, 0.717) is 41.8 Å². The Morgan fingerprint density at radius 1 is 1.12 bits per heavy atom. The van der Waals surface area contributed by atoms with Gasteiger partial charge in [0, 0.05) is 40.2 Å². The topological polar surface area (TPSA) is 67.4 Å². The van der Waals surface area contributed by atoms with Gasteiger partial charge in [-0.1, -0.05) is 24.3 Å². The summed E-state index contributed by atoms with van der Waals surface area (Å²) in [5.74, 6) is -0.820. The number of ether oxygens (including phenoxy) is 1. The van der Waals surface area contributed by atoms with E-state index in [0.717, 1.165) is 17.8 Å². The van der Waals surface area contributed by atoms with Gasteiger partial charge in [-0.15, -0.1) is 0 Å². The summed E-state index contributed by atoms with van der Waals surface area (Å²) in [5.41, 5.74) is 1.90. The third-order valence-corrected chi connectivity index (χ3v) is 5.92. The molecule has 1 aliphatic carbocycles. The van der Waals surface area contributed by atoms with Crippen LogP contribution in [0.25, 0.3) is 0 Å². The Labute approximate surface area is 189 Å². The second-order valence-electron chi connectivity index (χ2n) is 8.04. The fraction of sp³-hybridized carbons (Fsp3) is 0.280. The number of halogens is 3. The van der Waals surface area contributed by atoms with Gasteiger partial charge in [-0.05, 0) is 44.0 Å². The summed E-state index contributed by atoms with van der Waals surface area (Å²) >= 11 is 0. The number of methoxy groups -OCH3 is 1. The maximum absolute atomic E-state index is 13.4. The molecule has 0 aromatic heterocycles. The van der Waals surface area contributed by atoms with Gasteiger partial charge in [0.1, 0.15) is 5.75 Å². The summed E-state index contributed by atoms with van der Waals surface area (Å²) in [6, 6.07) is 11.6. The molecule has 0 bridgehead atoms. The largest absolute Gasteiger partial charge is 0.496 e. The third kappa shape index (κ3) is 4.37. The molecule has 0 saturated carbocycles. The van der Waals surface area contributed by atoms with Crippen LogP contribution in [0.4, 0.5) is 18.9 Å². The molecule has 2 N–H and O–H groups in total. The number of carbonyl (C=O) groups excluding carboxylic acids is 2. The number of carbonyl (C=O) groups is 2. The van der Waals surface area contributed by atoms with Crippen LogP contribution in [-0.4, -0.2) is 18.8 Å². The molecule has 4 rings (SSSR count). The summed E-state index contributed by atoms with van der Waals surface area (Å²) in [4.78, 5) is 26.4. The number of rotatable bonds is 4. The van der Waals surface area contributed by atoms with E-state index in [1.54, 1.807) is 31.2 Å². The van der Waals surface area contributed by atoms with Crippen LogP contribution in [0.5, 0.6) is 5.75 Å². The van der Waals surface area contributed by atoms with Crippen molar-refractivity contribution in [1.29, 1.82) is 0 Å². The van der Waals surface area contributed by atoms with Crippen LogP contribution in [0, 0.1) is 0 Å². The molecule has 5 nitrogen and oxygen atoms in total. The summed E-state index contributed by atoms with van der Waals surface area (Å²) in [6.07, 6.45) is -2.78. The number of alkyl halides is 3. The zero-order chi connectivity index (χ0) is 23.8. The molecule has 0 radical (unpaired) electrons. The Balaban J connectivity index is 1.79. The maximum atomic E-state index is 13.4. The average molecular weight is 456 g/mol. The highest BCUT2D eigenvalue weighted by Gasteiger charge is 2.39. The predicted octanol–water partition coefficient (Wildman–Crippen LogP) is 5.32. The molecule has 172 valence electrons. The molecule has 1 heterocycles. The second kappa shape index (κ2) is 8.77. The number of allylic oxidation sites excluding steroid dienone is 3. The van der Waals surface area contributed by atoms with Crippen LogP contribution in [0.1, 0.15) is 43.2 Å². The molecule has 0 saturated heterocycles. The minimum Gasteiger partial charge on any atom is -0.496 e.